The van der Waals surface area contributed by atoms with Gasteiger partial charge in [0.05, 0.1) is 16.0 Å². The van der Waals surface area contributed by atoms with Gasteiger partial charge in [-0.25, -0.2) is 4.98 Å². The number of nitro groups is 1. The second kappa shape index (κ2) is 3.89. The molecule has 98 valence electrons. The monoisotopic (exact) mass is 259 g/mol. The lowest BCUT2D eigenvalue weighted by atomic mass is 9.97. The number of hydrogen-bond acceptors (Lipinski definition) is 5. The van der Waals surface area contributed by atoms with Crippen LogP contribution in [0.5, 0.6) is 0 Å². The summed E-state index contributed by atoms with van der Waals surface area (Å²) >= 11 is 0. The van der Waals surface area contributed by atoms with Gasteiger partial charge >= 0.3 is 0 Å². The van der Waals surface area contributed by atoms with Crippen LogP contribution in [0.25, 0.3) is 10.9 Å². The SMILES string of the molecule is CC1(O)CN(c2ccc3cc([N+](=O)[O-])ccc3n2)C1. The molecule has 1 N–H and O–H groups in total. The highest BCUT2D eigenvalue weighted by molar-refractivity contribution is 5.82. The lowest BCUT2D eigenvalue weighted by Crippen LogP contribution is -2.60. The molecule has 0 unspecified atom stereocenters. The van der Waals surface area contributed by atoms with Gasteiger partial charge in [-0.2, -0.15) is 0 Å². The molecule has 2 heterocycles. The lowest BCUT2D eigenvalue weighted by molar-refractivity contribution is -0.384. The molecule has 0 bridgehead atoms. The number of rotatable bonds is 2. The summed E-state index contributed by atoms with van der Waals surface area (Å²) in [5.41, 5.74) is 0.134. The van der Waals surface area contributed by atoms with Crippen LogP contribution in [0, 0.1) is 10.1 Å². The summed E-state index contributed by atoms with van der Waals surface area (Å²) in [5.74, 6) is 0.785. The Bertz CT molecular complexity index is 661. The Labute approximate surface area is 109 Å². The highest BCUT2D eigenvalue weighted by Gasteiger charge is 2.37. The van der Waals surface area contributed by atoms with E-state index in [9.17, 15) is 15.2 Å². The molecule has 2 aromatic rings. The van der Waals surface area contributed by atoms with Gasteiger partial charge in [0.15, 0.2) is 0 Å². The van der Waals surface area contributed by atoms with E-state index in [4.69, 9.17) is 0 Å². The van der Waals surface area contributed by atoms with E-state index < -0.39 is 10.5 Å². The molecule has 1 aliphatic heterocycles. The fraction of sp³-hybridized carbons (Fsp3) is 0.308. The van der Waals surface area contributed by atoms with Crippen LogP contribution in [0.1, 0.15) is 6.92 Å². The number of aromatic nitrogens is 1. The van der Waals surface area contributed by atoms with Gasteiger partial charge in [-0.3, -0.25) is 10.1 Å². The molecule has 6 heteroatoms. The summed E-state index contributed by atoms with van der Waals surface area (Å²) in [7, 11) is 0. The number of fused-ring (bicyclic) bond motifs is 1. The van der Waals surface area contributed by atoms with Gasteiger partial charge in [-0.1, -0.05) is 0 Å². The average molecular weight is 259 g/mol. The number of pyridine rings is 1. The van der Waals surface area contributed by atoms with Crippen LogP contribution in [0.4, 0.5) is 11.5 Å². The first kappa shape index (κ1) is 11.9. The molecule has 6 nitrogen and oxygen atoms in total. The van der Waals surface area contributed by atoms with E-state index in [0.717, 1.165) is 16.7 Å². The first-order valence-corrected chi connectivity index (χ1v) is 5.97. The Morgan fingerprint density at radius 3 is 2.74 bits per heavy atom. The van der Waals surface area contributed by atoms with Crippen molar-refractivity contribution in [2.75, 3.05) is 18.0 Å². The van der Waals surface area contributed by atoms with Crippen molar-refractivity contribution in [2.24, 2.45) is 0 Å². The molecule has 1 saturated heterocycles. The molecule has 0 aliphatic carbocycles. The summed E-state index contributed by atoms with van der Waals surface area (Å²) in [5, 5.41) is 21.1. The number of β-amino-alcohol motifs (C(OH)–C–C–N with tert-alkyl or cyclic N) is 1. The van der Waals surface area contributed by atoms with Crippen LogP contribution in [-0.2, 0) is 0 Å². The summed E-state index contributed by atoms with van der Waals surface area (Å²) in [6, 6.07) is 8.25. The average Bonchev–Trinajstić information content (AvgIpc) is 2.34. The van der Waals surface area contributed by atoms with Crippen molar-refractivity contribution in [2.45, 2.75) is 12.5 Å². The van der Waals surface area contributed by atoms with Gasteiger partial charge in [0.2, 0.25) is 0 Å². The number of nitrogens with zero attached hydrogens (tertiary/aromatic N) is 3. The third kappa shape index (κ3) is 2.10. The zero-order chi connectivity index (χ0) is 13.6. The highest BCUT2D eigenvalue weighted by atomic mass is 16.6. The maximum atomic E-state index is 10.7. The predicted molar refractivity (Wildman–Crippen MR) is 71.2 cm³/mol. The van der Waals surface area contributed by atoms with E-state index in [1.165, 1.54) is 12.1 Å². The smallest absolute Gasteiger partial charge is 0.270 e. The molecule has 1 aromatic heterocycles. The van der Waals surface area contributed by atoms with Gasteiger partial charge in [-0.05, 0) is 25.1 Å². The Morgan fingerprint density at radius 1 is 1.37 bits per heavy atom. The molecule has 1 fully saturated rings. The highest BCUT2D eigenvalue weighted by Crippen LogP contribution is 2.28. The summed E-state index contributed by atoms with van der Waals surface area (Å²) in [6.07, 6.45) is 0. The third-order valence-electron chi connectivity index (χ3n) is 3.26. The van der Waals surface area contributed by atoms with Gasteiger partial charge in [0, 0.05) is 30.6 Å². The maximum absolute atomic E-state index is 10.7. The molecule has 0 amide bonds. The minimum atomic E-state index is -0.647. The number of benzene rings is 1. The minimum Gasteiger partial charge on any atom is -0.386 e. The molecule has 0 saturated carbocycles. The molecule has 1 aliphatic rings. The number of anilines is 1. The Kier molecular flexibility index (Phi) is 2.43. The topological polar surface area (TPSA) is 79.5 Å². The molecule has 3 rings (SSSR count). The standard InChI is InChI=1S/C13H13N3O3/c1-13(17)7-15(8-13)12-5-2-9-6-10(16(18)19)3-4-11(9)14-12/h2-6,17H,7-8H2,1H3. The Balaban J connectivity index is 1.94. The first-order chi connectivity index (χ1) is 8.94. The Hall–Kier alpha value is -2.21. The van der Waals surface area contributed by atoms with Crippen molar-refractivity contribution in [3.63, 3.8) is 0 Å². The lowest BCUT2D eigenvalue weighted by Gasteiger charge is -2.44. The van der Waals surface area contributed by atoms with Gasteiger partial charge < -0.3 is 10.0 Å². The first-order valence-electron chi connectivity index (χ1n) is 5.97. The largest absolute Gasteiger partial charge is 0.386 e. The number of hydrogen-bond donors (Lipinski definition) is 1. The fourth-order valence-corrected chi connectivity index (χ4v) is 2.33. The zero-order valence-electron chi connectivity index (χ0n) is 10.4. The van der Waals surface area contributed by atoms with Gasteiger partial charge in [0.1, 0.15) is 5.82 Å². The van der Waals surface area contributed by atoms with Crippen LogP contribution in [0.3, 0.4) is 0 Å². The molecule has 0 radical (unpaired) electrons. The van der Waals surface area contributed by atoms with E-state index in [1.54, 1.807) is 13.0 Å². The molecular weight excluding hydrogens is 246 g/mol. The third-order valence-corrected chi connectivity index (χ3v) is 3.26. The van der Waals surface area contributed by atoms with Crippen molar-refractivity contribution in [1.29, 1.82) is 0 Å². The molecule has 0 spiro atoms. The maximum Gasteiger partial charge on any atom is 0.270 e. The van der Waals surface area contributed by atoms with E-state index >= 15 is 0 Å². The van der Waals surface area contributed by atoms with Crippen molar-refractivity contribution in [3.8, 4) is 0 Å². The van der Waals surface area contributed by atoms with E-state index in [1.807, 2.05) is 17.0 Å². The van der Waals surface area contributed by atoms with E-state index in [2.05, 4.69) is 4.98 Å². The van der Waals surface area contributed by atoms with E-state index in [-0.39, 0.29) is 5.69 Å². The van der Waals surface area contributed by atoms with Crippen LogP contribution < -0.4 is 4.90 Å². The van der Waals surface area contributed by atoms with Gasteiger partial charge in [0.25, 0.3) is 5.69 Å². The fourth-order valence-electron chi connectivity index (χ4n) is 2.33. The molecule has 19 heavy (non-hydrogen) atoms. The zero-order valence-corrected chi connectivity index (χ0v) is 10.4. The van der Waals surface area contributed by atoms with Crippen LogP contribution in [0.2, 0.25) is 0 Å². The van der Waals surface area contributed by atoms with Crippen molar-refractivity contribution < 1.29 is 10.0 Å². The summed E-state index contributed by atoms with van der Waals surface area (Å²) in [6.45, 7) is 2.89. The Morgan fingerprint density at radius 2 is 2.11 bits per heavy atom. The van der Waals surface area contributed by atoms with Crippen LogP contribution in [-0.4, -0.2) is 33.7 Å². The quantitative estimate of drug-likeness (QED) is 0.656. The molecular formula is C13H13N3O3. The summed E-state index contributed by atoms with van der Waals surface area (Å²) in [4.78, 5) is 16.7. The van der Waals surface area contributed by atoms with Crippen molar-refractivity contribution in [3.05, 3.63) is 40.4 Å². The second-order valence-electron chi connectivity index (χ2n) is 5.16. The normalized spacial score (nSPS) is 17.3. The predicted octanol–water partition coefficient (Wildman–Crippen LogP) is 1.71. The van der Waals surface area contributed by atoms with E-state index in [0.29, 0.717) is 13.1 Å². The van der Waals surface area contributed by atoms with Crippen molar-refractivity contribution in [1.82, 2.24) is 4.98 Å². The second-order valence-corrected chi connectivity index (χ2v) is 5.16. The van der Waals surface area contributed by atoms with Gasteiger partial charge in [-0.15, -0.1) is 0 Å². The number of non-ortho nitro benzene ring substituents is 1. The number of nitro benzene ring substituents is 1. The molecule has 0 atom stereocenters. The van der Waals surface area contributed by atoms with Crippen LogP contribution in [0.15, 0.2) is 30.3 Å². The minimum absolute atomic E-state index is 0.0638. The number of aliphatic hydroxyl groups is 1. The van der Waals surface area contributed by atoms with Crippen LogP contribution >= 0.6 is 0 Å². The molecule has 1 aromatic carbocycles. The van der Waals surface area contributed by atoms with Crippen molar-refractivity contribution >= 4 is 22.4 Å². The summed E-state index contributed by atoms with van der Waals surface area (Å²) < 4.78 is 0.